The van der Waals surface area contributed by atoms with Crippen molar-refractivity contribution in [3.63, 3.8) is 0 Å². The van der Waals surface area contributed by atoms with Gasteiger partial charge in [-0.25, -0.2) is 0 Å². The van der Waals surface area contributed by atoms with Crippen LogP contribution in [0.25, 0.3) is 0 Å². The van der Waals surface area contributed by atoms with Gasteiger partial charge in [-0.05, 0) is 36.4 Å². The topological polar surface area (TPSA) is 26.3 Å². The number of hydrogen-bond donors (Lipinski definition) is 0. The van der Waals surface area contributed by atoms with E-state index >= 15 is 0 Å². The van der Waals surface area contributed by atoms with Crippen molar-refractivity contribution in [2.24, 2.45) is 0 Å². The lowest BCUT2D eigenvalue weighted by molar-refractivity contribution is 0.104. The number of carbonyl (C=O) groups is 1. The molecule has 1 aromatic carbocycles. The van der Waals surface area contributed by atoms with Crippen LogP contribution in [0.1, 0.15) is 38.1 Å². The van der Waals surface area contributed by atoms with Gasteiger partial charge in [0.15, 0.2) is 5.78 Å². The smallest absolute Gasteiger partial charge is 0.193 e. The fourth-order valence-corrected chi connectivity index (χ4v) is 6.18. The molecule has 0 bridgehead atoms. The molecule has 0 radical (unpaired) electrons. The van der Waals surface area contributed by atoms with Crippen molar-refractivity contribution in [2.75, 3.05) is 7.11 Å². The van der Waals surface area contributed by atoms with Crippen LogP contribution in [0.4, 0.5) is 0 Å². The molecule has 3 heteroatoms. The van der Waals surface area contributed by atoms with Gasteiger partial charge in [0.05, 0.1) is 15.2 Å². The lowest BCUT2D eigenvalue weighted by Gasteiger charge is -2.27. The lowest BCUT2D eigenvalue weighted by Crippen LogP contribution is -2.32. The number of hydrogen-bond acceptors (Lipinski definition) is 2. The summed E-state index contributed by atoms with van der Waals surface area (Å²) >= 11 is 0. The second kappa shape index (κ2) is 8.01. The summed E-state index contributed by atoms with van der Waals surface area (Å²) in [5.74, 6) is 0.764. The predicted octanol–water partition coefficient (Wildman–Crippen LogP) is 5.03. The third-order valence-electron chi connectivity index (χ3n) is 4.62. The largest absolute Gasteiger partial charge is 0.497 e. The number of carbonyl (C=O) groups excluding carboxylic acids is 1. The molecule has 0 amide bonds. The van der Waals surface area contributed by atoms with E-state index in [2.05, 4.69) is 33.4 Å². The summed E-state index contributed by atoms with van der Waals surface area (Å²) in [4.78, 5) is 12.2. The van der Waals surface area contributed by atoms with Crippen molar-refractivity contribution in [3.05, 3.63) is 46.8 Å². The maximum atomic E-state index is 12.2. The minimum atomic E-state index is -1.40. The van der Waals surface area contributed by atoms with E-state index in [1.807, 2.05) is 0 Å². The maximum Gasteiger partial charge on any atom is 0.193 e. The summed E-state index contributed by atoms with van der Waals surface area (Å²) in [6.45, 7) is 8.92. The molecule has 1 aromatic rings. The summed E-state index contributed by atoms with van der Waals surface area (Å²) in [6, 6.07) is 10.8. The molecule has 0 aliphatic rings. The number of rotatable bonds is 7. The summed E-state index contributed by atoms with van der Waals surface area (Å²) in [5, 5.41) is 1.30. The molecule has 1 rings (SSSR count). The quantitative estimate of drug-likeness (QED) is 0.306. The summed E-state index contributed by atoms with van der Waals surface area (Å²) in [5.41, 5.74) is 3.95. The number of ketones is 1. The first-order valence-corrected chi connectivity index (χ1v) is 10.3. The first-order valence-electron chi connectivity index (χ1n) is 7.65. The van der Waals surface area contributed by atoms with Gasteiger partial charge in [-0.3, -0.25) is 4.79 Å². The molecule has 21 heavy (non-hydrogen) atoms. The number of methoxy groups -OCH3 is 1. The lowest BCUT2D eigenvalue weighted by atomic mass is 10.1. The van der Waals surface area contributed by atoms with Crippen molar-refractivity contribution >= 4 is 13.9 Å². The fourth-order valence-electron chi connectivity index (χ4n) is 2.71. The molecule has 0 saturated heterocycles. The number of allylic oxidation sites excluding steroid dienone is 1. The summed E-state index contributed by atoms with van der Waals surface area (Å²) < 4.78 is 5.10. The SMILES string of the molecule is CC[Si](CC)(CC)C(C)=C=CC(=O)c1ccc(OC)cc1. The molecule has 0 spiro atoms. The molecular formula is C18H26O2Si. The van der Waals surface area contributed by atoms with Gasteiger partial charge < -0.3 is 4.74 Å². The molecule has 0 aliphatic carbocycles. The summed E-state index contributed by atoms with van der Waals surface area (Å²) in [7, 11) is 0.217. The standard InChI is InChI=1S/C18H26O2Si/c1-6-21(7-2,8-3)15(4)9-14-18(19)16-10-12-17(20-5)13-11-16/h10-14H,6-8H2,1-5H3. The van der Waals surface area contributed by atoms with E-state index in [4.69, 9.17) is 4.74 Å². The zero-order valence-corrected chi connectivity index (χ0v) is 14.8. The average Bonchev–Trinajstić information content (AvgIpc) is 2.54. The predicted molar refractivity (Wildman–Crippen MR) is 91.8 cm³/mol. The molecule has 0 saturated carbocycles. The highest BCUT2D eigenvalue weighted by atomic mass is 28.3. The van der Waals surface area contributed by atoms with Crippen LogP contribution in [-0.2, 0) is 0 Å². The monoisotopic (exact) mass is 302 g/mol. The van der Waals surface area contributed by atoms with E-state index in [-0.39, 0.29) is 5.78 Å². The molecule has 0 aliphatic heterocycles. The zero-order chi connectivity index (χ0) is 15.9. The van der Waals surface area contributed by atoms with Gasteiger partial charge in [-0.1, -0.05) is 38.9 Å². The first-order chi connectivity index (χ1) is 10.0. The molecule has 0 fully saturated rings. The average molecular weight is 302 g/mol. The van der Waals surface area contributed by atoms with E-state index in [0.717, 1.165) is 5.75 Å². The zero-order valence-electron chi connectivity index (χ0n) is 13.8. The third kappa shape index (κ3) is 4.20. The maximum absolute atomic E-state index is 12.2. The highest BCUT2D eigenvalue weighted by Crippen LogP contribution is 2.27. The Labute approximate surface area is 129 Å². The third-order valence-corrected chi connectivity index (χ3v) is 10.4. The van der Waals surface area contributed by atoms with Crippen molar-refractivity contribution in [1.29, 1.82) is 0 Å². The van der Waals surface area contributed by atoms with Crippen molar-refractivity contribution in [3.8, 4) is 5.75 Å². The van der Waals surface area contributed by atoms with Crippen molar-refractivity contribution < 1.29 is 9.53 Å². The van der Waals surface area contributed by atoms with Gasteiger partial charge in [0.2, 0.25) is 0 Å². The molecule has 0 unspecified atom stereocenters. The molecule has 0 N–H and O–H groups in total. The van der Waals surface area contributed by atoms with E-state index in [1.54, 1.807) is 37.5 Å². The van der Waals surface area contributed by atoms with Gasteiger partial charge in [0.1, 0.15) is 5.75 Å². The van der Waals surface area contributed by atoms with Crippen molar-refractivity contribution in [2.45, 2.75) is 45.8 Å². The minimum absolute atomic E-state index is 0.00297. The van der Waals surface area contributed by atoms with Gasteiger partial charge in [-0.15, -0.1) is 5.73 Å². The van der Waals surface area contributed by atoms with E-state index in [9.17, 15) is 4.79 Å². The Balaban J connectivity index is 3.00. The molecular weight excluding hydrogens is 276 g/mol. The molecule has 0 atom stereocenters. The van der Waals surface area contributed by atoms with Crippen LogP contribution in [0.5, 0.6) is 5.75 Å². The molecule has 0 heterocycles. The van der Waals surface area contributed by atoms with Crippen LogP contribution >= 0.6 is 0 Å². The Morgan fingerprint density at radius 1 is 1.14 bits per heavy atom. The highest BCUT2D eigenvalue weighted by molar-refractivity contribution is 6.86. The van der Waals surface area contributed by atoms with Crippen LogP contribution in [0.2, 0.25) is 18.1 Å². The molecule has 114 valence electrons. The Morgan fingerprint density at radius 2 is 1.67 bits per heavy atom. The fraction of sp³-hybridized carbons (Fsp3) is 0.444. The van der Waals surface area contributed by atoms with Crippen LogP contribution in [-0.4, -0.2) is 21.0 Å². The highest BCUT2D eigenvalue weighted by Gasteiger charge is 2.28. The van der Waals surface area contributed by atoms with E-state index < -0.39 is 8.07 Å². The van der Waals surface area contributed by atoms with Crippen LogP contribution < -0.4 is 4.74 Å². The molecule has 0 aromatic heterocycles. The summed E-state index contributed by atoms with van der Waals surface area (Å²) in [6.07, 6.45) is 1.60. The minimum Gasteiger partial charge on any atom is -0.497 e. The number of benzene rings is 1. The first kappa shape index (κ1) is 17.5. The second-order valence-electron chi connectivity index (χ2n) is 5.35. The molecule has 2 nitrogen and oxygen atoms in total. The van der Waals surface area contributed by atoms with Crippen molar-refractivity contribution in [1.82, 2.24) is 0 Å². The van der Waals surface area contributed by atoms with E-state index in [1.165, 1.54) is 23.3 Å². The van der Waals surface area contributed by atoms with Gasteiger partial charge in [-0.2, -0.15) is 0 Å². The second-order valence-corrected chi connectivity index (χ2v) is 10.8. The number of ether oxygens (including phenoxy) is 1. The van der Waals surface area contributed by atoms with Crippen LogP contribution in [0.15, 0.2) is 41.3 Å². The van der Waals surface area contributed by atoms with Crippen LogP contribution in [0.3, 0.4) is 0 Å². The Bertz CT molecular complexity index is 525. The Morgan fingerprint density at radius 3 is 2.10 bits per heavy atom. The van der Waals surface area contributed by atoms with E-state index in [0.29, 0.717) is 5.56 Å². The Hall–Kier alpha value is -1.57. The van der Waals surface area contributed by atoms with Gasteiger partial charge in [0.25, 0.3) is 0 Å². The normalized spacial score (nSPS) is 10.7. The van der Waals surface area contributed by atoms with Crippen LogP contribution in [0, 0.1) is 0 Å². The Kier molecular flexibility index (Phi) is 6.67. The van der Waals surface area contributed by atoms with Gasteiger partial charge >= 0.3 is 0 Å². The van der Waals surface area contributed by atoms with Gasteiger partial charge in [0, 0.05) is 11.6 Å².